The molecule has 238 valence electrons. The number of hydrogen-bond donors (Lipinski definition) is 0. The first kappa shape index (κ1) is 29.0. The van der Waals surface area contributed by atoms with Gasteiger partial charge >= 0.3 is 0 Å². The van der Waals surface area contributed by atoms with E-state index in [0.29, 0.717) is 17.5 Å². The second-order valence-electron chi connectivity index (χ2n) is 12.9. The van der Waals surface area contributed by atoms with Gasteiger partial charge in [0.2, 0.25) is 0 Å². The molecule has 8 aromatic carbocycles. The van der Waals surface area contributed by atoms with E-state index in [1.807, 2.05) is 42.5 Å². The van der Waals surface area contributed by atoms with Gasteiger partial charge in [-0.1, -0.05) is 140 Å². The summed E-state index contributed by atoms with van der Waals surface area (Å²) in [6.07, 6.45) is 0. The Morgan fingerprint density at radius 3 is 1.51 bits per heavy atom. The summed E-state index contributed by atoms with van der Waals surface area (Å²) in [5, 5.41) is 6.66. The lowest BCUT2D eigenvalue weighted by atomic mass is 9.98. The van der Waals surface area contributed by atoms with Crippen LogP contribution in [0.4, 0.5) is 0 Å². The summed E-state index contributed by atoms with van der Waals surface area (Å²) in [5.41, 5.74) is 8.80. The SMILES string of the molecule is c1ccc(-c2ccc3cc(-c4nc(-c5ccccc5)nc(-c5cc(-c6ccccc6)cc6c5oc5cc7ccccc7cc56)n4)ccc3c2)cc1. The lowest BCUT2D eigenvalue weighted by Gasteiger charge is -2.11. The highest BCUT2D eigenvalue weighted by Gasteiger charge is 2.20. The van der Waals surface area contributed by atoms with E-state index in [1.54, 1.807) is 0 Å². The van der Waals surface area contributed by atoms with Gasteiger partial charge in [-0.25, -0.2) is 15.0 Å². The van der Waals surface area contributed by atoms with Crippen LogP contribution in [-0.4, -0.2) is 15.0 Å². The topological polar surface area (TPSA) is 51.8 Å². The molecule has 0 saturated heterocycles. The van der Waals surface area contributed by atoms with Crippen LogP contribution in [0.2, 0.25) is 0 Å². The van der Waals surface area contributed by atoms with E-state index in [4.69, 9.17) is 19.4 Å². The molecule has 10 aromatic rings. The highest BCUT2D eigenvalue weighted by Crippen LogP contribution is 2.41. The summed E-state index contributed by atoms with van der Waals surface area (Å²) in [6, 6.07) is 61.1. The predicted octanol–water partition coefficient (Wildman–Crippen LogP) is 12.4. The molecule has 10 rings (SSSR count). The molecule has 0 N–H and O–H groups in total. The molecular weight excluding hydrogens is 623 g/mol. The highest BCUT2D eigenvalue weighted by molar-refractivity contribution is 6.14. The second kappa shape index (κ2) is 11.9. The Morgan fingerprint density at radius 1 is 0.314 bits per heavy atom. The van der Waals surface area contributed by atoms with Gasteiger partial charge < -0.3 is 4.42 Å². The smallest absolute Gasteiger partial charge is 0.167 e. The first-order chi connectivity index (χ1) is 25.2. The standard InChI is InChI=1S/C47H29N3O/c1-4-12-30(13-5-1)35-20-21-37-25-38(23-22-36(37)24-35)46-48-45(32-16-8-3-9-17-32)49-47(50-46)42-28-39(31-14-6-2-7-15-31)27-41-40-26-33-18-10-11-19-34(33)29-43(40)51-44(41)42/h1-29H. The molecule has 0 amide bonds. The third-order valence-electron chi connectivity index (χ3n) is 9.66. The molecule has 0 fully saturated rings. The van der Waals surface area contributed by atoms with Gasteiger partial charge in [0.1, 0.15) is 11.2 Å². The van der Waals surface area contributed by atoms with E-state index in [0.717, 1.165) is 65.9 Å². The largest absolute Gasteiger partial charge is 0.455 e. The Morgan fingerprint density at radius 2 is 0.824 bits per heavy atom. The van der Waals surface area contributed by atoms with Gasteiger partial charge in [-0.05, 0) is 80.2 Å². The molecule has 0 saturated carbocycles. The normalized spacial score (nSPS) is 11.5. The van der Waals surface area contributed by atoms with Gasteiger partial charge in [-0.3, -0.25) is 0 Å². The van der Waals surface area contributed by atoms with Crippen LogP contribution in [-0.2, 0) is 0 Å². The predicted molar refractivity (Wildman–Crippen MR) is 209 cm³/mol. The zero-order chi connectivity index (χ0) is 33.7. The number of hydrogen-bond acceptors (Lipinski definition) is 4. The van der Waals surface area contributed by atoms with Crippen molar-refractivity contribution in [3.05, 3.63) is 176 Å². The number of benzene rings is 8. The fourth-order valence-corrected chi connectivity index (χ4v) is 7.06. The van der Waals surface area contributed by atoms with Gasteiger partial charge in [-0.15, -0.1) is 0 Å². The molecule has 0 atom stereocenters. The number of aromatic nitrogens is 3. The van der Waals surface area contributed by atoms with Crippen molar-refractivity contribution in [3.63, 3.8) is 0 Å². The number of nitrogens with zero attached hydrogens (tertiary/aromatic N) is 3. The van der Waals surface area contributed by atoms with Crippen LogP contribution in [0.1, 0.15) is 0 Å². The lowest BCUT2D eigenvalue weighted by Crippen LogP contribution is -2.00. The number of furan rings is 1. The zero-order valence-electron chi connectivity index (χ0n) is 27.5. The van der Waals surface area contributed by atoms with Crippen LogP contribution in [0, 0.1) is 0 Å². The molecule has 0 radical (unpaired) electrons. The Hall–Kier alpha value is -6.91. The maximum Gasteiger partial charge on any atom is 0.167 e. The van der Waals surface area contributed by atoms with E-state index >= 15 is 0 Å². The minimum absolute atomic E-state index is 0.560. The van der Waals surface area contributed by atoms with E-state index in [9.17, 15) is 0 Å². The molecule has 0 unspecified atom stereocenters. The van der Waals surface area contributed by atoms with E-state index in [-0.39, 0.29) is 0 Å². The molecule has 4 heteroatoms. The third kappa shape index (κ3) is 5.22. The van der Waals surface area contributed by atoms with Crippen molar-refractivity contribution in [2.24, 2.45) is 0 Å². The van der Waals surface area contributed by atoms with E-state index in [2.05, 4.69) is 133 Å². The molecular formula is C47H29N3O. The van der Waals surface area contributed by atoms with Crippen molar-refractivity contribution in [1.29, 1.82) is 0 Å². The van der Waals surface area contributed by atoms with Crippen molar-refractivity contribution in [2.75, 3.05) is 0 Å². The summed E-state index contributed by atoms with van der Waals surface area (Å²) < 4.78 is 6.73. The number of fused-ring (bicyclic) bond motifs is 5. The molecule has 2 heterocycles. The molecule has 51 heavy (non-hydrogen) atoms. The zero-order valence-corrected chi connectivity index (χ0v) is 27.5. The molecule has 4 nitrogen and oxygen atoms in total. The first-order valence-corrected chi connectivity index (χ1v) is 17.1. The molecule has 0 aliphatic carbocycles. The van der Waals surface area contributed by atoms with Crippen molar-refractivity contribution >= 4 is 43.5 Å². The molecule has 0 aliphatic heterocycles. The summed E-state index contributed by atoms with van der Waals surface area (Å²) in [4.78, 5) is 15.4. The Bertz CT molecular complexity index is 2900. The van der Waals surface area contributed by atoms with Crippen LogP contribution < -0.4 is 0 Å². The minimum Gasteiger partial charge on any atom is -0.455 e. The van der Waals surface area contributed by atoms with Gasteiger partial charge in [-0.2, -0.15) is 0 Å². The Kier molecular flexibility index (Phi) is 6.78. The fourth-order valence-electron chi connectivity index (χ4n) is 7.06. The van der Waals surface area contributed by atoms with Crippen molar-refractivity contribution < 1.29 is 4.42 Å². The number of rotatable bonds is 5. The first-order valence-electron chi connectivity index (χ1n) is 17.1. The van der Waals surface area contributed by atoms with Gasteiger partial charge in [0.05, 0.1) is 5.56 Å². The summed E-state index contributed by atoms with van der Waals surface area (Å²) in [7, 11) is 0. The summed E-state index contributed by atoms with van der Waals surface area (Å²) >= 11 is 0. The third-order valence-corrected chi connectivity index (χ3v) is 9.66. The maximum absolute atomic E-state index is 6.73. The quantitative estimate of drug-likeness (QED) is 0.186. The van der Waals surface area contributed by atoms with Crippen molar-refractivity contribution in [2.45, 2.75) is 0 Å². The second-order valence-corrected chi connectivity index (χ2v) is 12.9. The maximum atomic E-state index is 6.73. The van der Waals surface area contributed by atoms with Gasteiger partial charge in [0, 0.05) is 21.9 Å². The monoisotopic (exact) mass is 651 g/mol. The Labute approximate surface area is 294 Å². The molecule has 2 aromatic heterocycles. The fraction of sp³-hybridized carbons (Fsp3) is 0. The average Bonchev–Trinajstić information content (AvgIpc) is 3.57. The molecule has 0 spiro atoms. The van der Waals surface area contributed by atoms with Gasteiger partial charge in [0.15, 0.2) is 17.5 Å². The van der Waals surface area contributed by atoms with E-state index < -0.39 is 0 Å². The summed E-state index contributed by atoms with van der Waals surface area (Å²) in [5.74, 6) is 1.77. The average molecular weight is 652 g/mol. The van der Waals surface area contributed by atoms with Crippen LogP contribution in [0.15, 0.2) is 180 Å². The molecule has 0 bridgehead atoms. The van der Waals surface area contributed by atoms with Crippen LogP contribution >= 0.6 is 0 Å². The van der Waals surface area contributed by atoms with Crippen LogP contribution in [0.5, 0.6) is 0 Å². The Balaban J connectivity index is 1.20. The highest BCUT2D eigenvalue weighted by atomic mass is 16.3. The van der Waals surface area contributed by atoms with Crippen molar-refractivity contribution in [1.82, 2.24) is 15.0 Å². The summed E-state index contributed by atoms with van der Waals surface area (Å²) in [6.45, 7) is 0. The molecule has 0 aliphatic rings. The van der Waals surface area contributed by atoms with Crippen LogP contribution in [0.3, 0.4) is 0 Å². The van der Waals surface area contributed by atoms with Crippen LogP contribution in [0.25, 0.3) is 99.9 Å². The van der Waals surface area contributed by atoms with Crippen molar-refractivity contribution in [3.8, 4) is 56.4 Å². The lowest BCUT2D eigenvalue weighted by molar-refractivity contribution is 0.670. The van der Waals surface area contributed by atoms with E-state index in [1.165, 1.54) is 16.5 Å². The minimum atomic E-state index is 0.560. The van der Waals surface area contributed by atoms with Gasteiger partial charge in [0.25, 0.3) is 0 Å².